The van der Waals surface area contributed by atoms with Crippen LogP contribution in [-0.4, -0.2) is 55.0 Å². The van der Waals surface area contributed by atoms with Crippen molar-refractivity contribution in [1.82, 2.24) is 9.80 Å². The zero-order valence-corrected chi connectivity index (χ0v) is 16.6. The molecule has 4 nitrogen and oxygen atoms in total. The number of likely N-dealkylation sites (tertiary alicyclic amines) is 1. The molecule has 6 heteroatoms. The number of amides is 1. The first-order chi connectivity index (χ1) is 14.1. The van der Waals surface area contributed by atoms with Gasteiger partial charge in [-0.2, -0.15) is 0 Å². The van der Waals surface area contributed by atoms with Crippen LogP contribution in [0.4, 0.5) is 14.5 Å². The maximum Gasteiger partial charge on any atom is 0.225 e. The second-order valence-electron chi connectivity index (χ2n) is 7.93. The van der Waals surface area contributed by atoms with Crippen LogP contribution in [0.3, 0.4) is 0 Å². The summed E-state index contributed by atoms with van der Waals surface area (Å²) in [4.78, 5) is 19.3. The number of carbonyl (C=O) groups excluding carboxylic acids is 1. The van der Waals surface area contributed by atoms with E-state index in [1.807, 2.05) is 17.0 Å². The minimum atomic E-state index is -0.232. The topological polar surface area (TPSA) is 26.8 Å². The number of piperazine rings is 1. The normalized spacial score (nSPS) is 18.8. The monoisotopic (exact) mass is 399 g/mol. The van der Waals surface area contributed by atoms with Crippen molar-refractivity contribution < 1.29 is 13.6 Å². The minimum Gasteiger partial charge on any atom is -0.368 e. The lowest BCUT2D eigenvalue weighted by molar-refractivity contribution is -0.137. The molecule has 2 heterocycles. The Labute approximate surface area is 170 Å². The first-order valence-corrected chi connectivity index (χ1v) is 10.4. The number of nitrogens with zero attached hydrogens (tertiary/aromatic N) is 3. The van der Waals surface area contributed by atoms with Gasteiger partial charge in [0.05, 0.1) is 0 Å². The van der Waals surface area contributed by atoms with Gasteiger partial charge in [0.1, 0.15) is 11.6 Å². The predicted molar refractivity (Wildman–Crippen MR) is 110 cm³/mol. The van der Waals surface area contributed by atoms with Crippen LogP contribution < -0.4 is 4.90 Å². The molecule has 0 bridgehead atoms. The second kappa shape index (κ2) is 8.91. The summed E-state index contributed by atoms with van der Waals surface area (Å²) in [5.41, 5.74) is 1.72. The first kappa shape index (κ1) is 19.8. The molecule has 154 valence electrons. The SMILES string of the molecule is O=C(C1CCN(Cc2ccccc2F)CC1)N1CCN(c2ccc(F)cc2)CC1. The van der Waals surface area contributed by atoms with E-state index in [9.17, 15) is 13.6 Å². The van der Waals surface area contributed by atoms with Crippen LogP contribution in [0.1, 0.15) is 18.4 Å². The standard InChI is InChI=1S/C23H27F2N3O/c24-20-5-7-21(8-6-20)27-13-15-28(16-14-27)23(29)18-9-11-26(12-10-18)17-19-3-1-2-4-22(19)25/h1-8,18H,9-17H2. The molecule has 0 unspecified atom stereocenters. The molecule has 2 aliphatic heterocycles. The number of halogens is 2. The Balaban J connectivity index is 1.25. The van der Waals surface area contributed by atoms with E-state index in [1.165, 1.54) is 18.2 Å². The Morgan fingerprint density at radius 1 is 0.862 bits per heavy atom. The third-order valence-electron chi connectivity index (χ3n) is 6.07. The Bertz CT molecular complexity index is 826. The highest BCUT2D eigenvalue weighted by atomic mass is 19.1. The van der Waals surface area contributed by atoms with Crippen molar-refractivity contribution in [2.75, 3.05) is 44.2 Å². The number of anilines is 1. The minimum absolute atomic E-state index is 0.0595. The van der Waals surface area contributed by atoms with Gasteiger partial charge in [-0.3, -0.25) is 9.69 Å². The van der Waals surface area contributed by atoms with E-state index in [0.717, 1.165) is 44.7 Å². The number of benzene rings is 2. The van der Waals surface area contributed by atoms with Gasteiger partial charge in [0, 0.05) is 49.9 Å². The molecule has 0 aromatic heterocycles. The van der Waals surface area contributed by atoms with Gasteiger partial charge >= 0.3 is 0 Å². The van der Waals surface area contributed by atoms with Gasteiger partial charge in [0.25, 0.3) is 0 Å². The Hall–Kier alpha value is -2.47. The van der Waals surface area contributed by atoms with Crippen molar-refractivity contribution in [3.05, 3.63) is 65.7 Å². The lowest BCUT2D eigenvalue weighted by Gasteiger charge is -2.39. The molecule has 2 saturated heterocycles. The second-order valence-corrected chi connectivity index (χ2v) is 7.93. The van der Waals surface area contributed by atoms with Crippen LogP contribution in [0, 0.1) is 17.6 Å². The molecule has 2 aliphatic rings. The van der Waals surface area contributed by atoms with Gasteiger partial charge in [-0.25, -0.2) is 8.78 Å². The number of rotatable bonds is 4. The van der Waals surface area contributed by atoms with E-state index < -0.39 is 0 Å². The average Bonchev–Trinajstić information content (AvgIpc) is 2.76. The fraction of sp³-hybridized carbons (Fsp3) is 0.435. The summed E-state index contributed by atoms with van der Waals surface area (Å²) in [6.45, 7) is 5.18. The highest BCUT2D eigenvalue weighted by molar-refractivity contribution is 5.79. The van der Waals surface area contributed by atoms with E-state index in [-0.39, 0.29) is 23.5 Å². The van der Waals surface area contributed by atoms with E-state index in [1.54, 1.807) is 18.2 Å². The molecule has 0 radical (unpaired) electrons. The first-order valence-electron chi connectivity index (χ1n) is 10.4. The van der Waals surface area contributed by atoms with Crippen LogP contribution in [0.2, 0.25) is 0 Å². The fourth-order valence-corrected chi connectivity index (χ4v) is 4.30. The number of piperidine rings is 1. The summed E-state index contributed by atoms with van der Waals surface area (Å²) in [5.74, 6) is -0.0906. The fourth-order valence-electron chi connectivity index (χ4n) is 4.30. The van der Waals surface area contributed by atoms with Gasteiger partial charge in [0.2, 0.25) is 5.91 Å². The Morgan fingerprint density at radius 2 is 1.52 bits per heavy atom. The van der Waals surface area contributed by atoms with Crippen LogP contribution in [0.15, 0.2) is 48.5 Å². The lowest BCUT2D eigenvalue weighted by atomic mass is 9.94. The molecule has 0 atom stereocenters. The van der Waals surface area contributed by atoms with E-state index in [2.05, 4.69) is 9.80 Å². The van der Waals surface area contributed by atoms with Crippen molar-refractivity contribution in [2.24, 2.45) is 5.92 Å². The third-order valence-corrected chi connectivity index (χ3v) is 6.07. The maximum atomic E-state index is 13.9. The summed E-state index contributed by atoms with van der Waals surface area (Å²) in [6, 6.07) is 13.4. The number of carbonyl (C=O) groups is 1. The van der Waals surface area contributed by atoms with Crippen molar-refractivity contribution in [1.29, 1.82) is 0 Å². The quantitative estimate of drug-likeness (QED) is 0.787. The largest absolute Gasteiger partial charge is 0.368 e. The van der Waals surface area contributed by atoms with Crippen LogP contribution >= 0.6 is 0 Å². The summed E-state index contributed by atoms with van der Waals surface area (Å²) >= 11 is 0. The Morgan fingerprint density at radius 3 is 2.17 bits per heavy atom. The molecule has 0 N–H and O–H groups in total. The van der Waals surface area contributed by atoms with Crippen molar-refractivity contribution in [3.8, 4) is 0 Å². The highest BCUT2D eigenvalue weighted by Gasteiger charge is 2.30. The molecule has 2 fully saturated rings. The average molecular weight is 399 g/mol. The number of hydrogen-bond acceptors (Lipinski definition) is 3. The third kappa shape index (κ3) is 4.75. The predicted octanol–water partition coefficient (Wildman–Crippen LogP) is 3.53. The van der Waals surface area contributed by atoms with Crippen LogP contribution in [0.25, 0.3) is 0 Å². The Kier molecular flexibility index (Phi) is 6.09. The molecule has 0 aliphatic carbocycles. The van der Waals surface area contributed by atoms with Gasteiger partial charge < -0.3 is 9.80 Å². The lowest BCUT2D eigenvalue weighted by Crippen LogP contribution is -2.51. The van der Waals surface area contributed by atoms with E-state index in [0.29, 0.717) is 25.2 Å². The summed E-state index contributed by atoms with van der Waals surface area (Å²) in [5, 5.41) is 0. The van der Waals surface area contributed by atoms with Gasteiger partial charge in [-0.05, 0) is 56.3 Å². The van der Waals surface area contributed by atoms with Crippen LogP contribution in [-0.2, 0) is 11.3 Å². The molecule has 2 aromatic carbocycles. The molecule has 2 aromatic rings. The molecule has 4 rings (SSSR count). The van der Waals surface area contributed by atoms with Crippen LogP contribution in [0.5, 0.6) is 0 Å². The maximum absolute atomic E-state index is 13.9. The van der Waals surface area contributed by atoms with Gasteiger partial charge in [0.15, 0.2) is 0 Å². The number of hydrogen-bond donors (Lipinski definition) is 0. The summed E-state index contributed by atoms with van der Waals surface area (Å²) in [6.07, 6.45) is 1.65. The molecule has 29 heavy (non-hydrogen) atoms. The zero-order chi connectivity index (χ0) is 20.2. The smallest absolute Gasteiger partial charge is 0.225 e. The zero-order valence-electron chi connectivity index (χ0n) is 16.6. The van der Waals surface area contributed by atoms with Crippen molar-refractivity contribution >= 4 is 11.6 Å². The van der Waals surface area contributed by atoms with Crippen molar-refractivity contribution in [2.45, 2.75) is 19.4 Å². The van der Waals surface area contributed by atoms with Crippen molar-refractivity contribution in [3.63, 3.8) is 0 Å². The van der Waals surface area contributed by atoms with E-state index >= 15 is 0 Å². The van der Waals surface area contributed by atoms with E-state index in [4.69, 9.17) is 0 Å². The molecule has 0 saturated carbocycles. The molecular formula is C23H27F2N3O. The highest BCUT2D eigenvalue weighted by Crippen LogP contribution is 2.23. The molecular weight excluding hydrogens is 372 g/mol. The van der Waals surface area contributed by atoms with Gasteiger partial charge in [-0.1, -0.05) is 18.2 Å². The van der Waals surface area contributed by atoms with Gasteiger partial charge in [-0.15, -0.1) is 0 Å². The molecule has 1 amide bonds. The molecule has 0 spiro atoms. The summed E-state index contributed by atoms with van der Waals surface area (Å²) < 4.78 is 27.0. The summed E-state index contributed by atoms with van der Waals surface area (Å²) in [7, 11) is 0.